The standard InChI is InChI=1S/C12H10BrF3O/c1-8(17)10(7-13)6-9-2-4-11(5-3-9)12(14,15)16/h2-6H,7H2,1H3/b10-6+. The highest BCUT2D eigenvalue weighted by Gasteiger charge is 2.29. The molecule has 5 heteroatoms. The van der Waals surface area contributed by atoms with Crippen LogP contribution in [0.1, 0.15) is 18.1 Å². The molecule has 0 spiro atoms. The zero-order valence-electron chi connectivity index (χ0n) is 9.01. The molecule has 0 fully saturated rings. The Balaban J connectivity index is 3.00. The molecule has 0 atom stereocenters. The molecule has 0 amide bonds. The van der Waals surface area contributed by atoms with Gasteiger partial charge in [0.2, 0.25) is 0 Å². The first kappa shape index (κ1) is 14.0. The molecule has 1 aromatic carbocycles. The fourth-order valence-corrected chi connectivity index (χ4v) is 1.76. The van der Waals surface area contributed by atoms with Crippen LogP contribution >= 0.6 is 15.9 Å². The fourth-order valence-electron chi connectivity index (χ4n) is 1.20. The van der Waals surface area contributed by atoms with E-state index in [9.17, 15) is 18.0 Å². The summed E-state index contributed by atoms with van der Waals surface area (Å²) in [6.07, 6.45) is -2.77. The molecular weight excluding hydrogens is 297 g/mol. The number of Topliss-reactive ketones (excluding diaryl/α,β-unsaturated/α-hetero) is 1. The number of hydrogen-bond donors (Lipinski definition) is 0. The Bertz CT molecular complexity index is 432. The maximum Gasteiger partial charge on any atom is 0.416 e. The smallest absolute Gasteiger partial charge is 0.295 e. The lowest BCUT2D eigenvalue weighted by Crippen LogP contribution is -2.04. The highest BCUT2D eigenvalue weighted by Crippen LogP contribution is 2.29. The van der Waals surface area contributed by atoms with Crippen molar-refractivity contribution in [3.8, 4) is 0 Å². The van der Waals surface area contributed by atoms with Crippen molar-refractivity contribution in [2.75, 3.05) is 5.33 Å². The van der Waals surface area contributed by atoms with Gasteiger partial charge in [-0.25, -0.2) is 0 Å². The van der Waals surface area contributed by atoms with Crippen molar-refractivity contribution in [1.29, 1.82) is 0 Å². The van der Waals surface area contributed by atoms with Crippen LogP contribution in [-0.4, -0.2) is 11.1 Å². The number of hydrogen-bond acceptors (Lipinski definition) is 1. The van der Waals surface area contributed by atoms with Gasteiger partial charge in [-0.05, 0) is 30.7 Å². The number of benzene rings is 1. The normalized spacial score (nSPS) is 12.6. The number of allylic oxidation sites excluding steroid dienone is 1. The van der Waals surface area contributed by atoms with Gasteiger partial charge in [-0.1, -0.05) is 28.1 Å². The molecule has 92 valence electrons. The summed E-state index contributed by atoms with van der Waals surface area (Å²) >= 11 is 3.15. The predicted molar refractivity (Wildman–Crippen MR) is 63.9 cm³/mol. The monoisotopic (exact) mass is 306 g/mol. The zero-order valence-corrected chi connectivity index (χ0v) is 10.6. The van der Waals surface area contributed by atoms with Crippen LogP contribution in [0.3, 0.4) is 0 Å². The zero-order chi connectivity index (χ0) is 13.1. The fraction of sp³-hybridized carbons (Fsp3) is 0.250. The molecule has 0 aliphatic carbocycles. The summed E-state index contributed by atoms with van der Waals surface area (Å²) in [5.74, 6) is -0.109. The molecule has 0 aliphatic rings. The minimum atomic E-state index is -4.33. The summed E-state index contributed by atoms with van der Waals surface area (Å²) in [4.78, 5) is 11.1. The van der Waals surface area contributed by atoms with Crippen LogP contribution in [0.25, 0.3) is 6.08 Å². The van der Waals surface area contributed by atoms with E-state index in [1.807, 2.05) is 0 Å². The quantitative estimate of drug-likeness (QED) is 0.607. The third-order valence-corrected chi connectivity index (χ3v) is 2.78. The van der Waals surface area contributed by atoms with Gasteiger partial charge in [-0.3, -0.25) is 4.79 Å². The Kier molecular flexibility index (Phi) is 4.51. The van der Waals surface area contributed by atoms with Gasteiger partial charge in [0.25, 0.3) is 0 Å². The molecule has 0 saturated heterocycles. The van der Waals surface area contributed by atoms with E-state index in [1.165, 1.54) is 19.1 Å². The molecule has 0 aliphatic heterocycles. The summed E-state index contributed by atoms with van der Waals surface area (Å²) < 4.78 is 36.9. The molecule has 0 unspecified atom stereocenters. The Morgan fingerprint density at radius 3 is 2.18 bits per heavy atom. The maximum absolute atomic E-state index is 12.3. The van der Waals surface area contributed by atoms with Gasteiger partial charge in [0.1, 0.15) is 0 Å². The van der Waals surface area contributed by atoms with Gasteiger partial charge in [0.05, 0.1) is 5.56 Å². The van der Waals surface area contributed by atoms with E-state index in [-0.39, 0.29) is 5.78 Å². The largest absolute Gasteiger partial charge is 0.416 e. The Morgan fingerprint density at radius 2 is 1.82 bits per heavy atom. The lowest BCUT2D eigenvalue weighted by molar-refractivity contribution is -0.137. The average Bonchev–Trinajstić information content (AvgIpc) is 2.25. The number of carbonyl (C=O) groups excluding carboxylic acids is 1. The van der Waals surface area contributed by atoms with E-state index in [2.05, 4.69) is 15.9 Å². The SMILES string of the molecule is CC(=O)/C(=C/c1ccc(C(F)(F)F)cc1)CBr. The second kappa shape index (κ2) is 5.49. The van der Waals surface area contributed by atoms with Crippen molar-refractivity contribution >= 4 is 27.8 Å². The first-order valence-corrected chi connectivity index (χ1v) is 5.91. The first-order chi connectivity index (χ1) is 7.84. The second-order valence-electron chi connectivity index (χ2n) is 3.48. The maximum atomic E-state index is 12.3. The van der Waals surface area contributed by atoms with Crippen molar-refractivity contribution in [3.63, 3.8) is 0 Å². The second-order valence-corrected chi connectivity index (χ2v) is 4.04. The van der Waals surface area contributed by atoms with E-state index in [0.717, 1.165) is 12.1 Å². The van der Waals surface area contributed by atoms with E-state index >= 15 is 0 Å². The van der Waals surface area contributed by atoms with E-state index < -0.39 is 11.7 Å². The molecule has 1 aromatic rings. The number of halogens is 4. The molecule has 17 heavy (non-hydrogen) atoms. The van der Waals surface area contributed by atoms with Crippen LogP contribution in [0.15, 0.2) is 29.8 Å². The van der Waals surface area contributed by atoms with Gasteiger partial charge in [0.15, 0.2) is 5.78 Å². The number of alkyl halides is 4. The Labute approximate surface area is 105 Å². The van der Waals surface area contributed by atoms with Crippen molar-refractivity contribution < 1.29 is 18.0 Å². The van der Waals surface area contributed by atoms with Crippen molar-refractivity contribution in [2.45, 2.75) is 13.1 Å². The molecular formula is C12H10BrF3O. The van der Waals surface area contributed by atoms with Crippen LogP contribution in [0, 0.1) is 0 Å². The van der Waals surface area contributed by atoms with Gasteiger partial charge in [0, 0.05) is 10.9 Å². The number of carbonyl (C=O) groups is 1. The topological polar surface area (TPSA) is 17.1 Å². The third-order valence-electron chi connectivity index (χ3n) is 2.18. The van der Waals surface area contributed by atoms with Gasteiger partial charge >= 0.3 is 6.18 Å². The van der Waals surface area contributed by atoms with Crippen molar-refractivity contribution in [2.24, 2.45) is 0 Å². The van der Waals surface area contributed by atoms with Gasteiger partial charge in [-0.15, -0.1) is 0 Å². The first-order valence-electron chi connectivity index (χ1n) is 4.79. The van der Waals surface area contributed by atoms with Gasteiger partial charge < -0.3 is 0 Å². The summed E-state index contributed by atoms with van der Waals surface area (Å²) in [5.41, 5.74) is 0.394. The molecule has 0 saturated carbocycles. The van der Waals surface area contributed by atoms with Crippen LogP contribution in [0.4, 0.5) is 13.2 Å². The Morgan fingerprint density at radius 1 is 1.29 bits per heavy atom. The van der Waals surface area contributed by atoms with E-state index in [4.69, 9.17) is 0 Å². The molecule has 1 rings (SSSR count). The molecule has 0 N–H and O–H groups in total. The van der Waals surface area contributed by atoms with E-state index in [0.29, 0.717) is 16.5 Å². The minimum Gasteiger partial charge on any atom is -0.295 e. The van der Waals surface area contributed by atoms with Crippen LogP contribution in [0.5, 0.6) is 0 Å². The molecule has 1 nitrogen and oxygen atoms in total. The summed E-state index contributed by atoms with van der Waals surface area (Å²) in [6, 6.07) is 4.68. The van der Waals surface area contributed by atoms with Crippen molar-refractivity contribution in [1.82, 2.24) is 0 Å². The molecule has 0 heterocycles. The summed E-state index contributed by atoms with van der Waals surface area (Å²) in [5, 5.41) is 0.378. The minimum absolute atomic E-state index is 0.109. The lowest BCUT2D eigenvalue weighted by Gasteiger charge is -2.06. The predicted octanol–water partition coefficient (Wildman–Crippen LogP) is 4.07. The summed E-state index contributed by atoms with van der Waals surface area (Å²) in [6.45, 7) is 1.41. The number of rotatable bonds is 3. The van der Waals surface area contributed by atoms with E-state index in [1.54, 1.807) is 6.08 Å². The third kappa shape index (κ3) is 4.00. The number of ketones is 1. The van der Waals surface area contributed by atoms with Crippen LogP contribution in [-0.2, 0) is 11.0 Å². The van der Waals surface area contributed by atoms with Gasteiger partial charge in [-0.2, -0.15) is 13.2 Å². The lowest BCUT2D eigenvalue weighted by atomic mass is 10.1. The van der Waals surface area contributed by atoms with Crippen LogP contribution in [0.2, 0.25) is 0 Å². The molecule has 0 aromatic heterocycles. The molecule has 0 bridgehead atoms. The van der Waals surface area contributed by atoms with Crippen LogP contribution < -0.4 is 0 Å². The molecule has 0 radical (unpaired) electrons. The van der Waals surface area contributed by atoms with Crippen molar-refractivity contribution in [3.05, 3.63) is 41.0 Å². The average molecular weight is 307 g/mol. The highest BCUT2D eigenvalue weighted by molar-refractivity contribution is 9.09. The summed E-state index contributed by atoms with van der Waals surface area (Å²) in [7, 11) is 0. The highest BCUT2D eigenvalue weighted by atomic mass is 79.9. The Hall–Kier alpha value is -1.10.